The fourth-order valence-corrected chi connectivity index (χ4v) is 3.93. The summed E-state index contributed by atoms with van der Waals surface area (Å²) >= 11 is 6.22. The van der Waals surface area contributed by atoms with Gasteiger partial charge in [0.25, 0.3) is 0 Å². The normalized spacial score (nSPS) is 15.4. The van der Waals surface area contributed by atoms with Gasteiger partial charge in [0.1, 0.15) is 5.75 Å². The highest BCUT2D eigenvalue weighted by Gasteiger charge is 2.24. The van der Waals surface area contributed by atoms with Crippen LogP contribution in [0.3, 0.4) is 0 Å². The third-order valence-corrected chi connectivity index (χ3v) is 5.46. The van der Waals surface area contributed by atoms with E-state index in [1.165, 1.54) is 0 Å². The molecule has 8 heteroatoms. The molecule has 31 heavy (non-hydrogen) atoms. The fraction of sp³-hybridized carbons (Fsp3) is 0.348. The number of para-hydroxylation sites is 1. The van der Waals surface area contributed by atoms with Gasteiger partial charge < -0.3 is 14.5 Å². The van der Waals surface area contributed by atoms with Crippen molar-refractivity contribution in [2.75, 3.05) is 19.7 Å². The van der Waals surface area contributed by atoms with E-state index in [1.54, 1.807) is 6.07 Å². The van der Waals surface area contributed by atoms with E-state index in [0.29, 0.717) is 35.5 Å². The maximum atomic E-state index is 12.8. The summed E-state index contributed by atoms with van der Waals surface area (Å²) in [6.45, 7) is 4.04. The SMILES string of the molecule is CCCN(CC(=O)NC1CCOc2ccccc21)Cc1nnc(-c2ccccc2Cl)o1. The summed E-state index contributed by atoms with van der Waals surface area (Å²) in [7, 11) is 0. The molecule has 0 radical (unpaired) electrons. The average molecular weight is 441 g/mol. The quantitative estimate of drug-likeness (QED) is 0.564. The van der Waals surface area contributed by atoms with Crippen LogP contribution < -0.4 is 10.1 Å². The Bertz CT molecular complexity index is 1040. The standard InChI is InChI=1S/C23H25ClN4O3/c1-2-12-28(15-22-26-27-23(31-22)16-7-3-5-9-18(16)24)14-21(29)25-19-11-13-30-20-10-6-4-8-17(19)20/h3-10,19H,2,11-15H2,1H3,(H,25,29). The lowest BCUT2D eigenvalue weighted by Gasteiger charge is -2.27. The minimum Gasteiger partial charge on any atom is -0.493 e. The van der Waals surface area contributed by atoms with Crippen LogP contribution in [-0.2, 0) is 11.3 Å². The second kappa shape index (κ2) is 9.94. The molecular weight excluding hydrogens is 416 g/mol. The number of hydrogen-bond acceptors (Lipinski definition) is 6. The summed E-state index contributed by atoms with van der Waals surface area (Å²) in [4.78, 5) is 14.8. The van der Waals surface area contributed by atoms with Crippen LogP contribution >= 0.6 is 11.6 Å². The predicted molar refractivity (Wildman–Crippen MR) is 118 cm³/mol. The first-order chi connectivity index (χ1) is 15.1. The second-order valence-electron chi connectivity index (χ2n) is 7.49. The maximum absolute atomic E-state index is 12.8. The molecule has 1 N–H and O–H groups in total. The number of nitrogens with zero attached hydrogens (tertiary/aromatic N) is 3. The zero-order valence-electron chi connectivity index (χ0n) is 17.4. The Balaban J connectivity index is 1.40. The Morgan fingerprint density at radius 2 is 2.00 bits per heavy atom. The van der Waals surface area contributed by atoms with Gasteiger partial charge in [0.05, 0.1) is 36.3 Å². The average Bonchev–Trinajstić information content (AvgIpc) is 3.22. The van der Waals surface area contributed by atoms with Gasteiger partial charge >= 0.3 is 0 Å². The number of ether oxygens (including phenoxy) is 1. The lowest BCUT2D eigenvalue weighted by atomic mass is 10.0. The van der Waals surface area contributed by atoms with Crippen molar-refractivity contribution in [2.24, 2.45) is 0 Å². The largest absolute Gasteiger partial charge is 0.493 e. The van der Waals surface area contributed by atoms with Gasteiger partial charge in [0.2, 0.25) is 17.7 Å². The number of carbonyl (C=O) groups excluding carboxylic acids is 1. The molecule has 0 bridgehead atoms. The van der Waals surface area contributed by atoms with Crippen LogP contribution in [0.25, 0.3) is 11.5 Å². The molecule has 0 fully saturated rings. The lowest BCUT2D eigenvalue weighted by molar-refractivity contribution is -0.123. The molecule has 1 aromatic heterocycles. The zero-order valence-corrected chi connectivity index (χ0v) is 18.1. The first-order valence-electron chi connectivity index (χ1n) is 10.4. The van der Waals surface area contributed by atoms with Crippen LogP contribution in [0.15, 0.2) is 52.9 Å². The molecule has 1 unspecified atom stereocenters. The smallest absolute Gasteiger partial charge is 0.249 e. The Labute approximate surface area is 186 Å². The van der Waals surface area contributed by atoms with Crippen LogP contribution in [0.1, 0.15) is 37.3 Å². The maximum Gasteiger partial charge on any atom is 0.249 e. The summed E-state index contributed by atoms with van der Waals surface area (Å²) in [5.41, 5.74) is 1.71. The van der Waals surface area contributed by atoms with E-state index in [4.69, 9.17) is 20.8 Å². The highest BCUT2D eigenvalue weighted by molar-refractivity contribution is 6.33. The molecule has 2 heterocycles. The van der Waals surface area contributed by atoms with Crippen molar-refractivity contribution in [1.29, 1.82) is 0 Å². The summed E-state index contributed by atoms with van der Waals surface area (Å²) in [5, 5.41) is 12.0. The van der Waals surface area contributed by atoms with Crippen molar-refractivity contribution in [3.63, 3.8) is 0 Å². The summed E-state index contributed by atoms with van der Waals surface area (Å²) < 4.78 is 11.5. The van der Waals surface area contributed by atoms with Crippen LogP contribution in [0, 0.1) is 0 Å². The van der Waals surface area contributed by atoms with Crippen molar-refractivity contribution in [2.45, 2.75) is 32.4 Å². The number of carbonyl (C=O) groups is 1. The van der Waals surface area contributed by atoms with E-state index in [1.807, 2.05) is 47.4 Å². The second-order valence-corrected chi connectivity index (χ2v) is 7.89. The summed E-state index contributed by atoms with van der Waals surface area (Å²) in [6.07, 6.45) is 1.65. The first kappa shape index (κ1) is 21.3. The molecule has 162 valence electrons. The predicted octanol–water partition coefficient (Wildman–Crippen LogP) is 4.24. The van der Waals surface area contributed by atoms with Crippen molar-refractivity contribution in [1.82, 2.24) is 20.4 Å². The molecule has 1 aliphatic rings. The number of benzene rings is 2. The van der Waals surface area contributed by atoms with E-state index in [9.17, 15) is 4.79 Å². The Kier molecular flexibility index (Phi) is 6.84. The van der Waals surface area contributed by atoms with Crippen molar-refractivity contribution in [3.8, 4) is 17.2 Å². The molecule has 3 aromatic rings. The van der Waals surface area contributed by atoms with Crippen molar-refractivity contribution in [3.05, 3.63) is 65.0 Å². The minimum atomic E-state index is -0.0452. The Morgan fingerprint density at radius 1 is 1.19 bits per heavy atom. The van der Waals surface area contributed by atoms with Gasteiger partial charge in [0, 0.05) is 12.0 Å². The number of hydrogen-bond donors (Lipinski definition) is 1. The number of halogens is 1. The number of fused-ring (bicyclic) bond motifs is 1. The third-order valence-electron chi connectivity index (χ3n) is 5.13. The number of aromatic nitrogens is 2. The van der Waals surface area contributed by atoms with E-state index < -0.39 is 0 Å². The van der Waals surface area contributed by atoms with Gasteiger partial charge in [-0.1, -0.05) is 48.9 Å². The van der Waals surface area contributed by atoms with Gasteiger partial charge in [-0.05, 0) is 31.2 Å². The molecule has 7 nitrogen and oxygen atoms in total. The molecular formula is C23H25ClN4O3. The topological polar surface area (TPSA) is 80.5 Å². The molecule has 1 atom stereocenters. The van der Waals surface area contributed by atoms with E-state index >= 15 is 0 Å². The minimum absolute atomic E-state index is 0.0407. The zero-order chi connectivity index (χ0) is 21.6. The van der Waals surface area contributed by atoms with E-state index in [2.05, 4.69) is 22.4 Å². The van der Waals surface area contributed by atoms with Gasteiger partial charge in [0.15, 0.2) is 0 Å². The van der Waals surface area contributed by atoms with E-state index in [-0.39, 0.29) is 18.5 Å². The van der Waals surface area contributed by atoms with Gasteiger partial charge in [-0.15, -0.1) is 10.2 Å². The van der Waals surface area contributed by atoms with Crippen LogP contribution in [0.2, 0.25) is 5.02 Å². The Hall–Kier alpha value is -2.90. The first-order valence-corrected chi connectivity index (χ1v) is 10.8. The number of rotatable bonds is 8. The molecule has 2 aromatic carbocycles. The third kappa shape index (κ3) is 5.24. The van der Waals surface area contributed by atoms with Gasteiger partial charge in [-0.25, -0.2) is 0 Å². The highest BCUT2D eigenvalue weighted by Crippen LogP contribution is 2.31. The van der Waals surface area contributed by atoms with Crippen LogP contribution in [0.5, 0.6) is 5.75 Å². The van der Waals surface area contributed by atoms with Crippen LogP contribution in [-0.4, -0.2) is 40.7 Å². The Morgan fingerprint density at radius 3 is 2.84 bits per heavy atom. The molecule has 4 rings (SSSR count). The highest BCUT2D eigenvalue weighted by atomic mass is 35.5. The molecule has 0 saturated heterocycles. The van der Waals surface area contributed by atoms with Gasteiger partial charge in [-0.3, -0.25) is 9.69 Å². The summed E-state index contributed by atoms with van der Waals surface area (Å²) in [6, 6.07) is 15.1. The van der Waals surface area contributed by atoms with Crippen molar-refractivity contribution < 1.29 is 13.9 Å². The summed E-state index contributed by atoms with van der Waals surface area (Å²) in [5.74, 6) is 1.62. The van der Waals surface area contributed by atoms with E-state index in [0.717, 1.165) is 30.7 Å². The molecule has 0 spiro atoms. The monoisotopic (exact) mass is 440 g/mol. The number of amides is 1. The van der Waals surface area contributed by atoms with Crippen molar-refractivity contribution >= 4 is 17.5 Å². The fourth-order valence-electron chi connectivity index (χ4n) is 3.72. The lowest BCUT2D eigenvalue weighted by Crippen LogP contribution is -2.40. The molecule has 0 aliphatic carbocycles. The molecule has 0 saturated carbocycles. The van der Waals surface area contributed by atoms with Crippen LogP contribution in [0.4, 0.5) is 0 Å². The number of nitrogens with one attached hydrogen (secondary N) is 1. The molecule has 1 amide bonds. The molecule has 1 aliphatic heterocycles. The van der Waals surface area contributed by atoms with Gasteiger partial charge in [-0.2, -0.15) is 0 Å².